The lowest BCUT2D eigenvalue weighted by Gasteiger charge is -2.28. The lowest BCUT2D eigenvalue weighted by molar-refractivity contribution is -0.152. The third kappa shape index (κ3) is 6.77. The van der Waals surface area contributed by atoms with Crippen molar-refractivity contribution >= 4 is 28.9 Å². The summed E-state index contributed by atoms with van der Waals surface area (Å²) in [6.45, 7) is 4.73. The zero-order valence-corrected chi connectivity index (χ0v) is 22.0. The van der Waals surface area contributed by atoms with E-state index in [1.165, 1.54) is 11.1 Å². The molecule has 5 atom stereocenters. The van der Waals surface area contributed by atoms with Crippen molar-refractivity contribution in [1.29, 1.82) is 0 Å². The first kappa shape index (κ1) is 28.1. The van der Waals surface area contributed by atoms with Gasteiger partial charge in [-0.3, -0.25) is 4.79 Å². The number of nitrogens with two attached hydrogens (primary N) is 1. The molecule has 2 aromatic rings. The highest BCUT2D eigenvalue weighted by Gasteiger charge is 2.46. The molecule has 210 valence electrons. The summed E-state index contributed by atoms with van der Waals surface area (Å²) in [6.07, 6.45) is 1.30. The zero-order valence-electron chi connectivity index (χ0n) is 22.0. The number of aliphatic hydroxyl groups excluding tert-OH is 2. The van der Waals surface area contributed by atoms with Gasteiger partial charge in [0.1, 0.15) is 36.6 Å². The van der Waals surface area contributed by atoms with Crippen LogP contribution in [0, 0.1) is 0 Å². The highest BCUT2D eigenvalue weighted by atomic mass is 16.6. The summed E-state index contributed by atoms with van der Waals surface area (Å²) >= 11 is 0. The van der Waals surface area contributed by atoms with E-state index in [-0.39, 0.29) is 6.42 Å². The predicted octanol–water partition coefficient (Wildman–Crippen LogP) is 1.18. The molecule has 0 bridgehead atoms. The van der Waals surface area contributed by atoms with Crippen LogP contribution in [0.2, 0.25) is 0 Å². The Hall–Kier alpha value is -3.87. The van der Waals surface area contributed by atoms with Crippen LogP contribution >= 0.6 is 0 Å². The van der Waals surface area contributed by atoms with Crippen molar-refractivity contribution in [3.8, 4) is 0 Å². The van der Waals surface area contributed by atoms with E-state index in [4.69, 9.17) is 19.9 Å². The Morgan fingerprint density at radius 2 is 1.97 bits per heavy atom. The fourth-order valence-electron chi connectivity index (χ4n) is 4.44. The summed E-state index contributed by atoms with van der Waals surface area (Å²) < 4.78 is 16.6. The number of primary amides is 1. The van der Waals surface area contributed by atoms with Crippen molar-refractivity contribution < 1.29 is 38.8 Å². The summed E-state index contributed by atoms with van der Waals surface area (Å²) in [5.41, 5.74) is 6.54. The third-order valence-electron chi connectivity index (χ3n) is 6.33. The number of esters is 1. The normalized spacial score (nSPS) is 23.8. The average Bonchev–Trinajstić information content (AvgIpc) is 3.41. The molecule has 0 spiro atoms. The first-order chi connectivity index (χ1) is 18.4. The van der Waals surface area contributed by atoms with Crippen molar-refractivity contribution in [2.24, 2.45) is 5.73 Å². The van der Waals surface area contributed by atoms with Crippen LogP contribution in [0.3, 0.4) is 0 Å². The zero-order chi connectivity index (χ0) is 28.3. The van der Waals surface area contributed by atoms with Crippen LogP contribution in [0.1, 0.15) is 32.8 Å². The molecule has 2 aliphatic heterocycles. The number of hydrogen-bond donors (Lipinski definition) is 5. The number of para-hydroxylation sites is 1. The molecule has 1 aromatic carbocycles. The SMILES string of the molecule is CC(C)(C)OC(=O)N[C@@H](Cc1c[nH]c2ccccc12)C(=O)OC[C@H]1O[C@@H](N2C=CCC(C(N)=O)=C2)[C@H](O)[C@@H]1O. The van der Waals surface area contributed by atoms with E-state index in [0.717, 1.165) is 16.5 Å². The van der Waals surface area contributed by atoms with Gasteiger partial charge in [-0.2, -0.15) is 0 Å². The van der Waals surface area contributed by atoms with Crippen LogP contribution in [-0.4, -0.2) is 80.9 Å². The second kappa shape index (κ2) is 11.5. The van der Waals surface area contributed by atoms with E-state index >= 15 is 0 Å². The number of nitrogens with zero attached hydrogens (tertiary/aromatic N) is 1. The Labute approximate surface area is 225 Å². The van der Waals surface area contributed by atoms with Gasteiger partial charge >= 0.3 is 12.1 Å². The number of aromatic nitrogens is 1. The topological polar surface area (TPSA) is 176 Å². The van der Waals surface area contributed by atoms with Gasteiger partial charge in [0, 0.05) is 41.5 Å². The summed E-state index contributed by atoms with van der Waals surface area (Å²) in [5, 5.41) is 24.6. The van der Waals surface area contributed by atoms with E-state index in [2.05, 4.69) is 10.3 Å². The maximum Gasteiger partial charge on any atom is 0.408 e. The van der Waals surface area contributed by atoms with E-state index in [1.54, 1.807) is 39.2 Å². The van der Waals surface area contributed by atoms with Crippen LogP contribution < -0.4 is 11.1 Å². The van der Waals surface area contributed by atoms with Crippen molar-refractivity contribution in [3.63, 3.8) is 0 Å². The second-order valence-electron chi connectivity index (χ2n) is 10.5. The van der Waals surface area contributed by atoms with E-state index in [1.807, 2.05) is 24.3 Å². The van der Waals surface area contributed by atoms with Crippen LogP contribution in [-0.2, 0) is 30.2 Å². The Balaban J connectivity index is 1.44. The molecule has 0 radical (unpaired) electrons. The predicted molar refractivity (Wildman–Crippen MR) is 140 cm³/mol. The minimum atomic E-state index is -1.38. The van der Waals surface area contributed by atoms with Gasteiger partial charge in [0.15, 0.2) is 6.23 Å². The first-order valence-electron chi connectivity index (χ1n) is 12.6. The molecule has 0 saturated carbocycles. The number of ether oxygens (including phenoxy) is 3. The van der Waals surface area contributed by atoms with Gasteiger partial charge in [0.25, 0.3) is 0 Å². The Morgan fingerprint density at radius 3 is 2.69 bits per heavy atom. The first-order valence-corrected chi connectivity index (χ1v) is 12.6. The van der Waals surface area contributed by atoms with Crippen LogP contribution in [0.5, 0.6) is 0 Å². The largest absolute Gasteiger partial charge is 0.461 e. The van der Waals surface area contributed by atoms with Crippen LogP contribution in [0.25, 0.3) is 10.9 Å². The molecular formula is C27H34N4O8. The van der Waals surface area contributed by atoms with E-state index in [9.17, 15) is 24.6 Å². The number of amides is 2. The molecule has 12 heteroatoms. The smallest absolute Gasteiger partial charge is 0.408 e. The number of aromatic amines is 1. The quantitative estimate of drug-likeness (QED) is 0.307. The number of H-pyrrole nitrogens is 1. The minimum absolute atomic E-state index is 0.112. The van der Waals surface area contributed by atoms with Crippen molar-refractivity contribution in [2.45, 2.75) is 69.8 Å². The number of alkyl carbamates (subject to hydrolysis) is 1. The number of allylic oxidation sites excluding steroid dienone is 1. The number of carbonyl (C=O) groups excluding carboxylic acids is 3. The van der Waals surface area contributed by atoms with Gasteiger partial charge in [-0.25, -0.2) is 9.59 Å². The molecular weight excluding hydrogens is 508 g/mol. The summed E-state index contributed by atoms with van der Waals surface area (Å²) in [4.78, 5) is 41.8. The summed E-state index contributed by atoms with van der Waals surface area (Å²) in [5.74, 6) is -1.38. The standard InChI is InChI=1S/C27H34N4O8/c1-27(2,3)39-26(36)30-19(11-16-12-29-18-9-5-4-8-17(16)18)25(35)37-14-20-21(32)22(33)24(38-20)31-10-6-7-15(13-31)23(28)34/h4-6,8-10,12-13,19-22,24,29,32-33H,7,11,14H2,1-3H3,(H2,28,34)(H,30,36)/t19-,20+,21+,22+,24+/m0/s1. The maximum atomic E-state index is 13.2. The molecule has 4 rings (SSSR count). The van der Waals surface area contributed by atoms with Crippen molar-refractivity contribution in [1.82, 2.24) is 15.2 Å². The van der Waals surface area contributed by atoms with Gasteiger partial charge in [-0.1, -0.05) is 24.3 Å². The highest BCUT2D eigenvalue weighted by Crippen LogP contribution is 2.28. The van der Waals surface area contributed by atoms with Gasteiger partial charge in [-0.05, 0) is 38.8 Å². The summed E-state index contributed by atoms with van der Waals surface area (Å²) in [7, 11) is 0. The van der Waals surface area contributed by atoms with Gasteiger partial charge in [0.2, 0.25) is 5.91 Å². The number of benzene rings is 1. The highest BCUT2D eigenvalue weighted by molar-refractivity contribution is 5.92. The fourth-order valence-corrected chi connectivity index (χ4v) is 4.44. The Morgan fingerprint density at radius 1 is 1.23 bits per heavy atom. The molecule has 1 fully saturated rings. The lowest BCUT2D eigenvalue weighted by atomic mass is 10.0. The van der Waals surface area contributed by atoms with Gasteiger partial charge in [-0.15, -0.1) is 0 Å². The fraction of sp³-hybridized carbons (Fsp3) is 0.444. The molecule has 2 amide bonds. The molecule has 1 saturated heterocycles. The molecule has 0 unspecified atom stereocenters. The average molecular weight is 543 g/mol. The number of fused-ring (bicyclic) bond motifs is 1. The number of carbonyl (C=O) groups is 3. The molecule has 6 N–H and O–H groups in total. The number of aliphatic hydroxyl groups is 2. The molecule has 12 nitrogen and oxygen atoms in total. The molecule has 0 aliphatic carbocycles. The Kier molecular flexibility index (Phi) is 8.28. The third-order valence-corrected chi connectivity index (χ3v) is 6.33. The maximum absolute atomic E-state index is 13.2. The van der Waals surface area contributed by atoms with Crippen molar-refractivity contribution in [2.75, 3.05) is 6.61 Å². The second-order valence-corrected chi connectivity index (χ2v) is 10.5. The molecule has 3 heterocycles. The monoisotopic (exact) mass is 542 g/mol. The Bertz CT molecular complexity index is 1280. The number of nitrogens with one attached hydrogen (secondary N) is 2. The van der Waals surface area contributed by atoms with Gasteiger partial charge < -0.3 is 45.4 Å². The minimum Gasteiger partial charge on any atom is -0.461 e. The molecule has 39 heavy (non-hydrogen) atoms. The lowest BCUT2D eigenvalue weighted by Crippen LogP contribution is -2.46. The summed E-state index contributed by atoms with van der Waals surface area (Å²) in [6, 6.07) is 6.44. The van der Waals surface area contributed by atoms with Crippen LogP contribution in [0.4, 0.5) is 4.79 Å². The number of rotatable bonds is 8. The van der Waals surface area contributed by atoms with Crippen molar-refractivity contribution in [3.05, 3.63) is 60.1 Å². The molecule has 1 aromatic heterocycles. The number of hydrogen-bond acceptors (Lipinski definition) is 9. The van der Waals surface area contributed by atoms with E-state index in [0.29, 0.717) is 12.0 Å². The van der Waals surface area contributed by atoms with Crippen LogP contribution in [0.15, 0.2) is 54.5 Å². The molecule has 2 aliphatic rings. The van der Waals surface area contributed by atoms with E-state index < -0.39 is 60.8 Å². The van der Waals surface area contributed by atoms with Gasteiger partial charge in [0.05, 0.1) is 0 Å².